The summed E-state index contributed by atoms with van der Waals surface area (Å²) in [6.07, 6.45) is 5.20. The van der Waals surface area contributed by atoms with Crippen molar-refractivity contribution in [2.24, 2.45) is 0 Å². The molecule has 0 N–H and O–H groups in total. The van der Waals surface area contributed by atoms with Crippen LogP contribution in [0, 0.1) is 0 Å². The molecule has 4 rings (SSSR count). The second kappa shape index (κ2) is 7.35. The Hall–Kier alpha value is -3.22. The van der Waals surface area contributed by atoms with Crippen LogP contribution in [0.2, 0.25) is 0 Å². The van der Waals surface area contributed by atoms with Gasteiger partial charge in [0.2, 0.25) is 5.95 Å². The molecule has 0 unspecified atom stereocenters. The molecule has 3 heterocycles. The van der Waals surface area contributed by atoms with Crippen molar-refractivity contribution in [3.05, 3.63) is 61.2 Å². The van der Waals surface area contributed by atoms with Crippen LogP contribution in [0.5, 0.6) is 0 Å². The number of para-hydroxylation sites is 1. The topological polar surface area (TPSA) is 61.3 Å². The normalized spacial score (nSPS) is 14.3. The summed E-state index contributed by atoms with van der Waals surface area (Å²) in [4.78, 5) is 24.1. The Kier molecular flexibility index (Phi) is 4.59. The zero-order valence-electron chi connectivity index (χ0n) is 14.7. The lowest BCUT2D eigenvalue weighted by Crippen LogP contribution is -2.47. The predicted molar refractivity (Wildman–Crippen MR) is 103 cm³/mol. The summed E-state index contributed by atoms with van der Waals surface area (Å²) in [7, 11) is 2.02. The molecule has 0 atom stereocenters. The molecule has 7 heteroatoms. The zero-order chi connectivity index (χ0) is 17.8. The van der Waals surface area contributed by atoms with Crippen molar-refractivity contribution in [1.82, 2.24) is 19.9 Å². The highest BCUT2D eigenvalue weighted by molar-refractivity contribution is 5.61. The van der Waals surface area contributed by atoms with Crippen LogP contribution in [-0.4, -0.2) is 53.2 Å². The first kappa shape index (κ1) is 16.3. The number of aromatic nitrogens is 4. The molecule has 0 aliphatic carbocycles. The lowest BCUT2D eigenvalue weighted by atomic mass is 10.3. The monoisotopic (exact) mass is 347 g/mol. The molecule has 3 aromatic rings. The van der Waals surface area contributed by atoms with Gasteiger partial charge in [0, 0.05) is 57.4 Å². The number of hydrogen-bond donors (Lipinski definition) is 0. The summed E-state index contributed by atoms with van der Waals surface area (Å²) >= 11 is 0. The summed E-state index contributed by atoms with van der Waals surface area (Å²) in [6.45, 7) is 3.50. The zero-order valence-corrected chi connectivity index (χ0v) is 14.7. The van der Waals surface area contributed by atoms with E-state index < -0.39 is 0 Å². The summed E-state index contributed by atoms with van der Waals surface area (Å²) in [5.41, 5.74) is 1.10. The maximum atomic E-state index is 4.48. The van der Waals surface area contributed by atoms with Gasteiger partial charge >= 0.3 is 0 Å². The van der Waals surface area contributed by atoms with Gasteiger partial charge in [0.1, 0.15) is 18.0 Å². The molecule has 0 saturated carbocycles. The Labute approximate surface area is 153 Å². The Morgan fingerprint density at radius 1 is 0.808 bits per heavy atom. The fourth-order valence-electron chi connectivity index (χ4n) is 3.07. The van der Waals surface area contributed by atoms with Gasteiger partial charge in [0.05, 0.1) is 0 Å². The van der Waals surface area contributed by atoms with E-state index >= 15 is 0 Å². The molecule has 1 saturated heterocycles. The van der Waals surface area contributed by atoms with Gasteiger partial charge in [-0.3, -0.25) is 0 Å². The fourth-order valence-corrected chi connectivity index (χ4v) is 3.07. The molecule has 1 fully saturated rings. The minimum atomic E-state index is 0.791. The van der Waals surface area contributed by atoms with E-state index in [0.29, 0.717) is 0 Å². The van der Waals surface area contributed by atoms with Crippen LogP contribution in [0.3, 0.4) is 0 Å². The summed E-state index contributed by atoms with van der Waals surface area (Å²) in [5.74, 6) is 2.63. The Bertz CT molecular complexity index is 833. The number of anilines is 4. The molecule has 1 aromatic carbocycles. The number of rotatable bonds is 4. The molecule has 0 bridgehead atoms. The van der Waals surface area contributed by atoms with Crippen LogP contribution in [0.4, 0.5) is 23.3 Å². The van der Waals surface area contributed by atoms with Crippen molar-refractivity contribution in [2.75, 3.05) is 47.9 Å². The highest BCUT2D eigenvalue weighted by Gasteiger charge is 2.20. The van der Waals surface area contributed by atoms with Crippen molar-refractivity contribution in [2.45, 2.75) is 0 Å². The molecule has 132 valence electrons. The van der Waals surface area contributed by atoms with E-state index in [1.165, 1.54) is 0 Å². The van der Waals surface area contributed by atoms with Crippen LogP contribution in [0.25, 0.3) is 0 Å². The van der Waals surface area contributed by atoms with Gasteiger partial charge in [0.15, 0.2) is 0 Å². The minimum Gasteiger partial charge on any atom is -0.353 e. The molecule has 7 nitrogen and oxygen atoms in total. The second-order valence-electron chi connectivity index (χ2n) is 6.15. The van der Waals surface area contributed by atoms with Crippen molar-refractivity contribution in [1.29, 1.82) is 0 Å². The highest BCUT2D eigenvalue weighted by atomic mass is 15.3. The number of nitrogens with zero attached hydrogens (tertiary/aromatic N) is 7. The first-order valence-electron chi connectivity index (χ1n) is 8.69. The standard InChI is InChI=1S/C19H21N7/c1-24(16-6-3-2-4-7-16)17-14-18(23-15-22-17)25-10-12-26(13-11-25)19-20-8-5-9-21-19/h2-9,14-15H,10-13H2,1H3. The van der Waals surface area contributed by atoms with Crippen molar-refractivity contribution in [3.63, 3.8) is 0 Å². The molecular formula is C19H21N7. The van der Waals surface area contributed by atoms with Crippen molar-refractivity contribution >= 4 is 23.3 Å². The Morgan fingerprint density at radius 3 is 2.23 bits per heavy atom. The van der Waals surface area contributed by atoms with Crippen molar-refractivity contribution in [3.8, 4) is 0 Å². The molecule has 1 aliphatic heterocycles. The molecule has 2 aromatic heterocycles. The van der Waals surface area contributed by atoms with Gasteiger partial charge in [-0.25, -0.2) is 19.9 Å². The minimum absolute atomic E-state index is 0.791. The van der Waals surface area contributed by atoms with E-state index in [1.54, 1.807) is 18.7 Å². The van der Waals surface area contributed by atoms with Gasteiger partial charge in [-0.05, 0) is 18.2 Å². The van der Waals surface area contributed by atoms with E-state index in [-0.39, 0.29) is 0 Å². The molecule has 1 aliphatic rings. The van der Waals surface area contributed by atoms with E-state index in [4.69, 9.17) is 0 Å². The lowest BCUT2D eigenvalue weighted by molar-refractivity contribution is 0.634. The third-order valence-corrected chi connectivity index (χ3v) is 4.56. The fraction of sp³-hybridized carbons (Fsp3) is 0.263. The first-order valence-corrected chi connectivity index (χ1v) is 8.69. The molecule has 0 spiro atoms. The van der Waals surface area contributed by atoms with E-state index in [2.05, 4.69) is 46.8 Å². The SMILES string of the molecule is CN(c1ccccc1)c1cc(N2CCN(c3ncccn3)CC2)ncn1. The molecule has 26 heavy (non-hydrogen) atoms. The number of piperazine rings is 1. The van der Waals surface area contributed by atoms with Crippen LogP contribution in [-0.2, 0) is 0 Å². The maximum absolute atomic E-state index is 4.48. The average molecular weight is 347 g/mol. The quantitative estimate of drug-likeness (QED) is 0.718. The van der Waals surface area contributed by atoms with E-state index in [0.717, 1.165) is 49.5 Å². The van der Waals surface area contributed by atoms with E-state index in [1.807, 2.05) is 37.4 Å². The van der Waals surface area contributed by atoms with Gasteiger partial charge in [-0.1, -0.05) is 18.2 Å². The summed E-state index contributed by atoms with van der Waals surface area (Å²) < 4.78 is 0. The predicted octanol–water partition coefficient (Wildman–Crippen LogP) is 2.36. The van der Waals surface area contributed by atoms with Crippen LogP contribution < -0.4 is 14.7 Å². The number of benzene rings is 1. The number of hydrogen-bond acceptors (Lipinski definition) is 7. The van der Waals surface area contributed by atoms with Crippen LogP contribution in [0.1, 0.15) is 0 Å². The van der Waals surface area contributed by atoms with Gasteiger partial charge in [0.25, 0.3) is 0 Å². The first-order chi connectivity index (χ1) is 12.8. The Balaban J connectivity index is 1.46. The molecule has 0 radical (unpaired) electrons. The molecular weight excluding hydrogens is 326 g/mol. The van der Waals surface area contributed by atoms with E-state index in [9.17, 15) is 0 Å². The van der Waals surface area contributed by atoms with Crippen LogP contribution >= 0.6 is 0 Å². The largest absolute Gasteiger partial charge is 0.353 e. The highest BCUT2D eigenvalue weighted by Crippen LogP contribution is 2.24. The third kappa shape index (κ3) is 3.42. The third-order valence-electron chi connectivity index (χ3n) is 4.56. The van der Waals surface area contributed by atoms with Gasteiger partial charge < -0.3 is 14.7 Å². The summed E-state index contributed by atoms with van der Waals surface area (Å²) in [5, 5.41) is 0. The maximum Gasteiger partial charge on any atom is 0.225 e. The Morgan fingerprint density at radius 2 is 1.50 bits per heavy atom. The van der Waals surface area contributed by atoms with Gasteiger partial charge in [-0.15, -0.1) is 0 Å². The van der Waals surface area contributed by atoms with Crippen LogP contribution in [0.15, 0.2) is 61.2 Å². The second-order valence-corrected chi connectivity index (χ2v) is 6.15. The smallest absolute Gasteiger partial charge is 0.225 e. The average Bonchev–Trinajstić information content (AvgIpc) is 2.75. The molecule has 0 amide bonds. The van der Waals surface area contributed by atoms with Crippen molar-refractivity contribution < 1.29 is 0 Å². The van der Waals surface area contributed by atoms with Gasteiger partial charge in [-0.2, -0.15) is 0 Å². The lowest BCUT2D eigenvalue weighted by Gasteiger charge is -2.35. The summed E-state index contributed by atoms with van der Waals surface area (Å²) in [6, 6.07) is 14.1.